The third kappa shape index (κ3) is 3.11. The van der Waals surface area contributed by atoms with E-state index in [2.05, 4.69) is 15.6 Å². The molecule has 1 aromatic heterocycles. The minimum absolute atomic E-state index is 0.0405. The lowest BCUT2D eigenvalue weighted by molar-refractivity contribution is -0.139. The number of hydrogen-bond acceptors (Lipinski definition) is 4. The Morgan fingerprint density at radius 3 is 2.73 bits per heavy atom. The van der Waals surface area contributed by atoms with E-state index in [-0.39, 0.29) is 5.69 Å². The van der Waals surface area contributed by atoms with Crippen LogP contribution in [0.15, 0.2) is 24.3 Å². The molecular weight excluding hydrogens is 291 g/mol. The van der Waals surface area contributed by atoms with E-state index in [9.17, 15) is 14.0 Å². The summed E-state index contributed by atoms with van der Waals surface area (Å²) >= 11 is 0. The lowest BCUT2D eigenvalue weighted by Crippen LogP contribution is -2.42. The van der Waals surface area contributed by atoms with Gasteiger partial charge in [-0.1, -0.05) is 17.3 Å². The Bertz CT molecular complexity index is 714. The van der Waals surface area contributed by atoms with Gasteiger partial charge in [0.1, 0.15) is 6.67 Å². The number of carboxylic acid groups (broad SMARTS) is 1. The predicted molar refractivity (Wildman–Crippen MR) is 75.7 cm³/mol. The van der Waals surface area contributed by atoms with Crippen LogP contribution in [0.2, 0.25) is 0 Å². The predicted octanol–water partition coefficient (Wildman–Crippen LogP) is 1.04. The Morgan fingerprint density at radius 1 is 1.41 bits per heavy atom. The number of aliphatic carboxylic acids is 1. The van der Waals surface area contributed by atoms with Gasteiger partial charge < -0.3 is 10.4 Å². The fraction of sp³-hybridized carbons (Fsp3) is 0.286. The third-order valence-electron chi connectivity index (χ3n) is 3.11. The van der Waals surface area contributed by atoms with Gasteiger partial charge >= 0.3 is 5.97 Å². The van der Waals surface area contributed by atoms with Crippen molar-refractivity contribution in [3.05, 3.63) is 41.2 Å². The molecule has 0 radical (unpaired) electrons. The topological polar surface area (TPSA) is 97.1 Å². The van der Waals surface area contributed by atoms with Crippen molar-refractivity contribution < 1.29 is 19.1 Å². The van der Waals surface area contributed by atoms with E-state index < -0.39 is 24.6 Å². The summed E-state index contributed by atoms with van der Waals surface area (Å²) in [7, 11) is 0. The number of aromatic nitrogens is 3. The number of aryl methyl sites for hydroxylation is 1. The first-order valence-electron chi connectivity index (χ1n) is 6.53. The van der Waals surface area contributed by atoms with Crippen molar-refractivity contribution in [2.75, 3.05) is 6.67 Å². The SMILES string of the molecule is Cc1cccc(-n2nnc(C(=O)NC(CF)C(=O)O)c2C)c1. The van der Waals surface area contributed by atoms with E-state index in [0.717, 1.165) is 11.3 Å². The van der Waals surface area contributed by atoms with E-state index in [1.54, 1.807) is 13.0 Å². The molecule has 8 heteroatoms. The highest BCUT2D eigenvalue weighted by Gasteiger charge is 2.24. The van der Waals surface area contributed by atoms with E-state index in [1.807, 2.05) is 25.1 Å². The molecule has 0 saturated carbocycles. The van der Waals surface area contributed by atoms with Crippen LogP contribution in [0.4, 0.5) is 4.39 Å². The third-order valence-corrected chi connectivity index (χ3v) is 3.11. The molecule has 2 N–H and O–H groups in total. The van der Waals surface area contributed by atoms with E-state index >= 15 is 0 Å². The first-order valence-corrected chi connectivity index (χ1v) is 6.53. The van der Waals surface area contributed by atoms with Crippen LogP contribution in [-0.4, -0.2) is 44.7 Å². The van der Waals surface area contributed by atoms with Crippen LogP contribution in [0.25, 0.3) is 5.69 Å². The molecule has 2 rings (SSSR count). The molecule has 1 aromatic carbocycles. The number of carbonyl (C=O) groups is 2. The smallest absolute Gasteiger partial charge is 0.328 e. The summed E-state index contributed by atoms with van der Waals surface area (Å²) in [5, 5.41) is 18.5. The average Bonchev–Trinajstić information content (AvgIpc) is 2.86. The number of nitrogens with zero attached hydrogens (tertiary/aromatic N) is 3. The van der Waals surface area contributed by atoms with Crippen molar-refractivity contribution in [2.24, 2.45) is 0 Å². The summed E-state index contributed by atoms with van der Waals surface area (Å²) in [6.07, 6.45) is 0. The van der Waals surface area contributed by atoms with Crippen molar-refractivity contribution in [1.82, 2.24) is 20.3 Å². The maximum atomic E-state index is 12.6. The number of halogens is 1. The number of carbonyl (C=O) groups excluding carboxylic acids is 1. The van der Waals surface area contributed by atoms with Gasteiger partial charge in [-0.05, 0) is 31.5 Å². The van der Waals surface area contributed by atoms with Gasteiger partial charge in [-0.25, -0.2) is 13.9 Å². The van der Waals surface area contributed by atoms with Crippen LogP contribution >= 0.6 is 0 Å². The molecule has 0 aliphatic rings. The molecule has 0 bridgehead atoms. The summed E-state index contributed by atoms with van der Waals surface area (Å²) in [6, 6.07) is 5.83. The molecule has 0 aliphatic carbocycles. The minimum atomic E-state index is -1.60. The van der Waals surface area contributed by atoms with Crippen molar-refractivity contribution >= 4 is 11.9 Å². The molecule has 2 aromatic rings. The van der Waals surface area contributed by atoms with Crippen molar-refractivity contribution in [1.29, 1.82) is 0 Å². The molecule has 116 valence electrons. The number of nitrogens with one attached hydrogen (secondary N) is 1. The fourth-order valence-corrected chi connectivity index (χ4v) is 1.94. The van der Waals surface area contributed by atoms with Gasteiger partial charge in [-0.3, -0.25) is 4.79 Å². The molecular formula is C14H15FN4O3. The van der Waals surface area contributed by atoms with Gasteiger partial charge in [-0.15, -0.1) is 5.10 Å². The maximum Gasteiger partial charge on any atom is 0.328 e. The van der Waals surface area contributed by atoms with Crippen LogP contribution in [0.5, 0.6) is 0 Å². The number of amides is 1. The number of rotatable bonds is 5. The summed E-state index contributed by atoms with van der Waals surface area (Å²) in [6.45, 7) is 2.34. The molecule has 0 saturated heterocycles. The van der Waals surface area contributed by atoms with E-state index in [1.165, 1.54) is 4.68 Å². The Hall–Kier alpha value is -2.77. The first kappa shape index (κ1) is 15.6. The number of benzene rings is 1. The Kier molecular flexibility index (Phi) is 4.50. The van der Waals surface area contributed by atoms with Gasteiger partial charge in [0.15, 0.2) is 11.7 Å². The van der Waals surface area contributed by atoms with E-state index in [0.29, 0.717) is 5.69 Å². The molecule has 1 atom stereocenters. The maximum absolute atomic E-state index is 12.6. The summed E-state index contributed by atoms with van der Waals surface area (Å²) in [4.78, 5) is 22.7. The number of alkyl halides is 1. The van der Waals surface area contributed by atoms with Gasteiger partial charge in [0, 0.05) is 0 Å². The lowest BCUT2D eigenvalue weighted by atomic mass is 10.2. The second-order valence-electron chi connectivity index (χ2n) is 4.79. The molecule has 1 amide bonds. The molecule has 1 unspecified atom stereocenters. The molecule has 0 aliphatic heterocycles. The number of hydrogen-bond donors (Lipinski definition) is 2. The quantitative estimate of drug-likeness (QED) is 0.860. The number of carboxylic acids is 1. The van der Waals surface area contributed by atoms with Crippen LogP contribution in [-0.2, 0) is 4.79 Å². The van der Waals surface area contributed by atoms with Crippen LogP contribution < -0.4 is 5.32 Å². The zero-order valence-electron chi connectivity index (χ0n) is 12.1. The van der Waals surface area contributed by atoms with Gasteiger partial charge in [-0.2, -0.15) is 0 Å². The Balaban J connectivity index is 2.27. The summed E-state index contributed by atoms with van der Waals surface area (Å²) in [5.74, 6) is -2.22. The van der Waals surface area contributed by atoms with Crippen molar-refractivity contribution in [3.8, 4) is 5.69 Å². The first-order chi connectivity index (χ1) is 10.4. The second kappa shape index (κ2) is 6.33. The molecule has 7 nitrogen and oxygen atoms in total. The van der Waals surface area contributed by atoms with Crippen LogP contribution in [0.3, 0.4) is 0 Å². The summed E-state index contributed by atoms with van der Waals surface area (Å²) in [5.41, 5.74) is 2.14. The standard InChI is InChI=1S/C14H15FN4O3/c1-8-4-3-5-10(6-8)19-9(2)12(17-18-19)13(20)16-11(7-15)14(21)22/h3-6,11H,7H2,1-2H3,(H,16,20)(H,21,22). The highest BCUT2D eigenvalue weighted by Crippen LogP contribution is 2.13. The molecule has 22 heavy (non-hydrogen) atoms. The fourth-order valence-electron chi connectivity index (χ4n) is 1.94. The van der Waals surface area contributed by atoms with Crippen LogP contribution in [0, 0.1) is 13.8 Å². The monoisotopic (exact) mass is 306 g/mol. The molecule has 1 heterocycles. The van der Waals surface area contributed by atoms with Gasteiger partial charge in [0.2, 0.25) is 0 Å². The Morgan fingerprint density at radius 2 is 2.14 bits per heavy atom. The molecule has 0 spiro atoms. The Labute approximate surface area is 125 Å². The van der Waals surface area contributed by atoms with Crippen molar-refractivity contribution in [3.63, 3.8) is 0 Å². The van der Waals surface area contributed by atoms with Crippen molar-refractivity contribution in [2.45, 2.75) is 19.9 Å². The highest BCUT2D eigenvalue weighted by atomic mass is 19.1. The summed E-state index contributed by atoms with van der Waals surface area (Å²) < 4.78 is 14.0. The zero-order chi connectivity index (χ0) is 16.3. The minimum Gasteiger partial charge on any atom is -0.480 e. The molecule has 0 fully saturated rings. The highest BCUT2D eigenvalue weighted by molar-refractivity contribution is 5.95. The second-order valence-corrected chi connectivity index (χ2v) is 4.79. The normalized spacial score (nSPS) is 12.0. The van der Waals surface area contributed by atoms with Crippen LogP contribution in [0.1, 0.15) is 21.7 Å². The average molecular weight is 306 g/mol. The largest absolute Gasteiger partial charge is 0.480 e. The van der Waals surface area contributed by atoms with Gasteiger partial charge in [0.05, 0.1) is 11.4 Å². The zero-order valence-corrected chi connectivity index (χ0v) is 12.1. The van der Waals surface area contributed by atoms with E-state index in [4.69, 9.17) is 5.11 Å². The lowest BCUT2D eigenvalue weighted by Gasteiger charge is -2.09. The van der Waals surface area contributed by atoms with Gasteiger partial charge in [0.25, 0.3) is 5.91 Å².